The first-order valence-electron chi connectivity index (χ1n) is 12.3. The Balaban J connectivity index is 1.76. The largest absolute Gasteiger partial charge is 0.507 e. The highest BCUT2D eigenvalue weighted by atomic mass is 19.1. The number of ether oxygens (including phenoxy) is 2. The molecule has 37 heavy (non-hydrogen) atoms. The smallest absolute Gasteiger partial charge is 0.295 e. The number of Topliss-reactive ketones (excluding diaryl/α,β-unsaturated/α-hetero) is 1. The van der Waals surface area contributed by atoms with Crippen LogP contribution >= 0.6 is 0 Å². The summed E-state index contributed by atoms with van der Waals surface area (Å²) in [5.74, 6) is -1.29. The van der Waals surface area contributed by atoms with Crippen molar-refractivity contribution in [1.82, 2.24) is 14.5 Å². The minimum atomic E-state index is -0.854. The normalized spacial score (nSPS) is 16.8. The van der Waals surface area contributed by atoms with Gasteiger partial charge in [-0.1, -0.05) is 13.0 Å². The number of aryl methyl sites for hydroxylation is 1. The molecule has 1 aliphatic rings. The molecule has 1 atom stereocenters. The van der Waals surface area contributed by atoms with Gasteiger partial charge in [0, 0.05) is 31.0 Å². The summed E-state index contributed by atoms with van der Waals surface area (Å²) in [7, 11) is 0. The Morgan fingerprint density at radius 1 is 1.05 bits per heavy atom. The standard InChI is InChI=1S/C28H30FN3O5/c1-3-16-37-22-11-8-20(17-23(22)36-4-2)25-24(26(33)19-6-9-21(29)10-7-19)27(34)28(35)32(25)14-5-13-31-15-12-30-18-31/h6-12,15,17-18,25,33H,3-5,13-14,16H2,1-2H3. The van der Waals surface area contributed by atoms with E-state index < -0.39 is 23.5 Å². The molecule has 4 rings (SSSR count). The van der Waals surface area contributed by atoms with E-state index in [1.807, 2.05) is 24.6 Å². The molecule has 194 valence electrons. The van der Waals surface area contributed by atoms with Gasteiger partial charge >= 0.3 is 0 Å². The fourth-order valence-corrected chi connectivity index (χ4v) is 4.36. The quantitative estimate of drug-likeness (QED) is 0.229. The van der Waals surface area contributed by atoms with Crippen molar-refractivity contribution < 1.29 is 28.6 Å². The lowest BCUT2D eigenvalue weighted by Crippen LogP contribution is -2.31. The summed E-state index contributed by atoms with van der Waals surface area (Å²) >= 11 is 0. The number of carbonyl (C=O) groups excluding carboxylic acids is 2. The van der Waals surface area contributed by atoms with Crippen molar-refractivity contribution in [2.24, 2.45) is 0 Å². The second-order valence-electron chi connectivity index (χ2n) is 8.64. The van der Waals surface area contributed by atoms with Crippen molar-refractivity contribution in [2.45, 2.75) is 39.3 Å². The average molecular weight is 508 g/mol. The van der Waals surface area contributed by atoms with Crippen LogP contribution in [0, 0.1) is 5.82 Å². The van der Waals surface area contributed by atoms with Crippen molar-refractivity contribution in [1.29, 1.82) is 0 Å². The molecule has 2 heterocycles. The van der Waals surface area contributed by atoms with E-state index in [1.165, 1.54) is 29.2 Å². The minimum absolute atomic E-state index is 0.0519. The number of ketones is 1. The molecule has 0 radical (unpaired) electrons. The number of benzene rings is 2. The van der Waals surface area contributed by atoms with E-state index in [2.05, 4.69) is 4.98 Å². The van der Waals surface area contributed by atoms with Crippen LogP contribution in [0.25, 0.3) is 5.76 Å². The summed E-state index contributed by atoms with van der Waals surface area (Å²) in [6.45, 7) is 5.63. The minimum Gasteiger partial charge on any atom is -0.507 e. The van der Waals surface area contributed by atoms with Crippen LogP contribution in [0.5, 0.6) is 11.5 Å². The van der Waals surface area contributed by atoms with Crippen molar-refractivity contribution >= 4 is 17.4 Å². The summed E-state index contributed by atoms with van der Waals surface area (Å²) in [5, 5.41) is 11.2. The molecule has 1 fully saturated rings. The number of likely N-dealkylation sites (tertiary alicyclic amines) is 1. The molecule has 3 aromatic rings. The third kappa shape index (κ3) is 5.66. The molecule has 1 aromatic heterocycles. The number of rotatable bonds is 11. The third-order valence-electron chi connectivity index (χ3n) is 6.08. The molecule has 8 nitrogen and oxygen atoms in total. The summed E-state index contributed by atoms with van der Waals surface area (Å²) < 4.78 is 27.0. The van der Waals surface area contributed by atoms with E-state index in [-0.39, 0.29) is 23.4 Å². The second kappa shape index (κ2) is 11.7. The van der Waals surface area contributed by atoms with E-state index in [9.17, 15) is 19.1 Å². The number of hydrogen-bond donors (Lipinski definition) is 1. The summed E-state index contributed by atoms with van der Waals surface area (Å²) in [6.07, 6.45) is 6.56. The maximum absolute atomic E-state index is 13.5. The second-order valence-corrected chi connectivity index (χ2v) is 8.64. The summed E-state index contributed by atoms with van der Waals surface area (Å²) in [5.41, 5.74) is 0.789. The van der Waals surface area contributed by atoms with Crippen LogP contribution in [-0.2, 0) is 16.1 Å². The monoisotopic (exact) mass is 507 g/mol. The molecule has 1 aliphatic heterocycles. The summed E-state index contributed by atoms with van der Waals surface area (Å²) in [4.78, 5) is 31.9. The molecular formula is C28H30FN3O5. The maximum Gasteiger partial charge on any atom is 0.295 e. The van der Waals surface area contributed by atoms with Gasteiger partial charge in [0.2, 0.25) is 0 Å². The molecule has 0 aliphatic carbocycles. The van der Waals surface area contributed by atoms with Crippen LogP contribution in [0.15, 0.2) is 66.8 Å². The molecule has 1 saturated heterocycles. The van der Waals surface area contributed by atoms with Crippen LogP contribution < -0.4 is 9.47 Å². The van der Waals surface area contributed by atoms with Gasteiger partial charge in [-0.2, -0.15) is 0 Å². The van der Waals surface area contributed by atoms with Crippen LogP contribution in [0.3, 0.4) is 0 Å². The molecule has 1 amide bonds. The van der Waals surface area contributed by atoms with Gasteiger partial charge in [0.15, 0.2) is 11.5 Å². The first-order valence-corrected chi connectivity index (χ1v) is 12.3. The van der Waals surface area contributed by atoms with Crippen molar-refractivity contribution in [2.75, 3.05) is 19.8 Å². The molecule has 2 aromatic carbocycles. The SMILES string of the molecule is CCCOc1ccc(C2C(=C(O)c3ccc(F)cc3)C(=O)C(=O)N2CCCn2ccnc2)cc1OCC. The van der Waals surface area contributed by atoms with Crippen molar-refractivity contribution in [3.05, 3.63) is 83.7 Å². The lowest BCUT2D eigenvalue weighted by molar-refractivity contribution is -0.139. The third-order valence-corrected chi connectivity index (χ3v) is 6.08. The highest BCUT2D eigenvalue weighted by molar-refractivity contribution is 6.46. The predicted octanol–water partition coefficient (Wildman–Crippen LogP) is 4.72. The van der Waals surface area contributed by atoms with Gasteiger partial charge in [-0.3, -0.25) is 9.59 Å². The number of aliphatic hydroxyl groups is 1. The Morgan fingerprint density at radius 3 is 2.51 bits per heavy atom. The Bertz CT molecular complexity index is 1270. The number of aromatic nitrogens is 2. The Kier molecular flexibility index (Phi) is 8.22. The molecular weight excluding hydrogens is 477 g/mol. The average Bonchev–Trinajstić information content (AvgIpc) is 3.50. The van der Waals surface area contributed by atoms with Gasteiger partial charge in [0.1, 0.15) is 11.6 Å². The first kappa shape index (κ1) is 25.9. The van der Waals surface area contributed by atoms with Gasteiger partial charge < -0.3 is 24.0 Å². The number of nitrogens with zero attached hydrogens (tertiary/aromatic N) is 3. The Labute approximate surface area is 215 Å². The van der Waals surface area contributed by atoms with Gasteiger partial charge in [-0.05, 0) is 61.7 Å². The van der Waals surface area contributed by atoms with Gasteiger partial charge in [0.05, 0.1) is 31.2 Å². The van der Waals surface area contributed by atoms with Crippen LogP contribution in [-0.4, -0.2) is 51.0 Å². The molecule has 0 saturated carbocycles. The molecule has 1 N–H and O–H groups in total. The zero-order valence-corrected chi connectivity index (χ0v) is 20.9. The fraction of sp³-hybridized carbons (Fsp3) is 0.321. The van der Waals surface area contributed by atoms with E-state index in [0.717, 1.165) is 6.42 Å². The lowest BCUT2D eigenvalue weighted by atomic mass is 9.95. The summed E-state index contributed by atoms with van der Waals surface area (Å²) in [6, 6.07) is 9.54. The predicted molar refractivity (Wildman–Crippen MR) is 136 cm³/mol. The maximum atomic E-state index is 13.5. The number of aliphatic hydroxyl groups excluding tert-OH is 1. The topological polar surface area (TPSA) is 93.9 Å². The number of carbonyl (C=O) groups is 2. The highest BCUT2D eigenvalue weighted by Crippen LogP contribution is 2.42. The first-order chi connectivity index (χ1) is 17.9. The van der Waals surface area contributed by atoms with Gasteiger partial charge in [-0.15, -0.1) is 0 Å². The number of imidazole rings is 1. The zero-order chi connectivity index (χ0) is 26.4. The van der Waals surface area contributed by atoms with E-state index in [1.54, 1.807) is 30.7 Å². The van der Waals surface area contributed by atoms with E-state index in [4.69, 9.17) is 9.47 Å². The fourth-order valence-electron chi connectivity index (χ4n) is 4.36. The van der Waals surface area contributed by atoms with Crippen molar-refractivity contribution in [3.8, 4) is 11.5 Å². The van der Waals surface area contributed by atoms with Crippen LogP contribution in [0.1, 0.15) is 43.9 Å². The molecule has 0 bridgehead atoms. The lowest BCUT2D eigenvalue weighted by Gasteiger charge is -2.26. The zero-order valence-electron chi connectivity index (χ0n) is 20.9. The van der Waals surface area contributed by atoms with Crippen LogP contribution in [0.4, 0.5) is 4.39 Å². The Hall–Kier alpha value is -4.14. The number of hydrogen-bond acceptors (Lipinski definition) is 6. The van der Waals surface area contributed by atoms with Crippen LogP contribution in [0.2, 0.25) is 0 Å². The highest BCUT2D eigenvalue weighted by Gasteiger charge is 2.46. The Morgan fingerprint density at radius 2 is 1.84 bits per heavy atom. The van der Waals surface area contributed by atoms with E-state index in [0.29, 0.717) is 43.2 Å². The van der Waals surface area contributed by atoms with Crippen molar-refractivity contribution in [3.63, 3.8) is 0 Å². The molecule has 9 heteroatoms. The van der Waals surface area contributed by atoms with E-state index >= 15 is 0 Å². The van der Waals surface area contributed by atoms with Gasteiger partial charge in [0.25, 0.3) is 11.7 Å². The molecule has 0 spiro atoms. The molecule has 1 unspecified atom stereocenters. The van der Waals surface area contributed by atoms with Gasteiger partial charge in [-0.25, -0.2) is 9.37 Å². The number of amides is 1. The number of halogens is 1.